The van der Waals surface area contributed by atoms with Crippen LogP contribution in [0.3, 0.4) is 0 Å². The molecule has 0 aliphatic rings. The highest BCUT2D eigenvalue weighted by Crippen LogP contribution is 2.40. The maximum absolute atomic E-state index is 12.2. The van der Waals surface area contributed by atoms with E-state index in [2.05, 4.69) is 6.58 Å². The molecule has 0 aromatic heterocycles. The van der Waals surface area contributed by atoms with E-state index >= 15 is 0 Å². The predicted molar refractivity (Wildman–Crippen MR) is 74.5 cm³/mol. The Balaban J connectivity index is 3.21. The number of ketones is 1. The van der Waals surface area contributed by atoms with Crippen molar-refractivity contribution >= 4 is 5.78 Å². The summed E-state index contributed by atoms with van der Waals surface area (Å²) < 4.78 is 15.7. The molecule has 0 N–H and O–H groups in total. The van der Waals surface area contributed by atoms with Crippen molar-refractivity contribution in [2.45, 2.75) is 19.8 Å². The molecule has 19 heavy (non-hydrogen) atoms. The molecule has 0 fully saturated rings. The molecular formula is C15H20O4. The Bertz CT molecular complexity index is 477. The van der Waals surface area contributed by atoms with E-state index in [1.54, 1.807) is 12.1 Å². The Kier molecular flexibility index (Phi) is 5.42. The van der Waals surface area contributed by atoms with Crippen molar-refractivity contribution in [1.82, 2.24) is 0 Å². The monoisotopic (exact) mass is 264 g/mol. The van der Waals surface area contributed by atoms with Gasteiger partial charge >= 0.3 is 0 Å². The quantitative estimate of drug-likeness (QED) is 0.560. The minimum absolute atomic E-state index is 0.0374. The minimum Gasteiger partial charge on any atom is -0.493 e. The second kappa shape index (κ2) is 6.83. The van der Waals surface area contributed by atoms with Gasteiger partial charge in [-0.25, -0.2) is 0 Å². The first-order valence-corrected chi connectivity index (χ1v) is 6.07. The molecule has 0 saturated carbocycles. The van der Waals surface area contributed by atoms with Crippen molar-refractivity contribution in [1.29, 1.82) is 0 Å². The lowest BCUT2D eigenvalue weighted by Gasteiger charge is -2.15. The molecule has 0 unspecified atom stereocenters. The van der Waals surface area contributed by atoms with Gasteiger partial charge < -0.3 is 14.2 Å². The van der Waals surface area contributed by atoms with Crippen LogP contribution in [0.1, 0.15) is 30.1 Å². The van der Waals surface area contributed by atoms with Gasteiger partial charge in [0.25, 0.3) is 0 Å². The molecule has 1 rings (SSSR count). The second-order valence-corrected chi connectivity index (χ2v) is 4.09. The SMILES string of the molecule is C=C(CC)CC(=O)c1ccc(OC)c(OC)c1OC. The third-order valence-corrected chi connectivity index (χ3v) is 2.92. The summed E-state index contributed by atoms with van der Waals surface area (Å²) in [4.78, 5) is 12.2. The van der Waals surface area contributed by atoms with Crippen LogP contribution < -0.4 is 14.2 Å². The molecule has 1 aromatic rings. The zero-order chi connectivity index (χ0) is 14.4. The van der Waals surface area contributed by atoms with Gasteiger partial charge in [-0.3, -0.25) is 4.79 Å². The molecule has 0 amide bonds. The number of rotatable bonds is 7. The van der Waals surface area contributed by atoms with Crippen LogP contribution >= 0.6 is 0 Å². The van der Waals surface area contributed by atoms with Crippen molar-refractivity contribution in [2.24, 2.45) is 0 Å². The van der Waals surface area contributed by atoms with E-state index in [0.29, 0.717) is 29.2 Å². The average molecular weight is 264 g/mol. The van der Waals surface area contributed by atoms with E-state index in [4.69, 9.17) is 14.2 Å². The number of carbonyl (C=O) groups excluding carboxylic acids is 1. The molecule has 4 heteroatoms. The number of methoxy groups -OCH3 is 3. The molecule has 0 heterocycles. The molecule has 104 valence electrons. The number of benzene rings is 1. The molecule has 1 aromatic carbocycles. The number of hydrogen-bond acceptors (Lipinski definition) is 4. The van der Waals surface area contributed by atoms with Crippen molar-refractivity contribution < 1.29 is 19.0 Å². The van der Waals surface area contributed by atoms with Gasteiger partial charge in [0.05, 0.1) is 26.9 Å². The highest BCUT2D eigenvalue weighted by molar-refractivity contribution is 6.01. The topological polar surface area (TPSA) is 44.8 Å². The maximum Gasteiger partial charge on any atom is 0.204 e. The van der Waals surface area contributed by atoms with Crippen molar-refractivity contribution in [3.8, 4) is 17.2 Å². The number of carbonyl (C=O) groups is 1. The Morgan fingerprint density at radius 1 is 1.11 bits per heavy atom. The Morgan fingerprint density at radius 2 is 1.74 bits per heavy atom. The van der Waals surface area contributed by atoms with Gasteiger partial charge in [-0.05, 0) is 18.6 Å². The maximum atomic E-state index is 12.2. The fourth-order valence-electron chi connectivity index (χ4n) is 1.77. The van der Waals surface area contributed by atoms with E-state index < -0.39 is 0 Å². The lowest BCUT2D eigenvalue weighted by molar-refractivity contribution is 0.0988. The summed E-state index contributed by atoms with van der Waals surface area (Å²) in [7, 11) is 4.56. The highest BCUT2D eigenvalue weighted by atomic mass is 16.5. The number of ether oxygens (including phenoxy) is 3. The first kappa shape index (κ1) is 15.1. The molecule has 0 aliphatic carbocycles. The van der Waals surface area contributed by atoms with Gasteiger partial charge in [-0.2, -0.15) is 0 Å². The van der Waals surface area contributed by atoms with Crippen LogP contribution in [0.25, 0.3) is 0 Å². The van der Waals surface area contributed by atoms with E-state index in [-0.39, 0.29) is 5.78 Å². The predicted octanol–water partition coefficient (Wildman–Crippen LogP) is 3.25. The average Bonchev–Trinajstić information content (AvgIpc) is 2.44. The first-order chi connectivity index (χ1) is 9.08. The molecule has 0 atom stereocenters. The lowest BCUT2D eigenvalue weighted by Crippen LogP contribution is -2.05. The zero-order valence-corrected chi connectivity index (χ0v) is 11.9. The third-order valence-electron chi connectivity index (χ3n) is 2.92. The van der Waals surface area contributed by atoms with Gasteiger partial charge in [-0.15, -0.1) is 0 Å². The van der Waals surface area contributed by atoms with Crippen LogP contribution in [0.4, 0.5) is 0 Å². The number of Topliss-reactive ketones (excluding diaryl/α,β-unsaturated/α-hetero) is 1. The van der Waals surface area contributed by atoms with Crippen LogP contribution in [0.2, 0.25) is 0 Å². The summed E-state index contributed by atoms with van der Waals surface area (Å²) in [6.45, 7) is 5.83. The van der Waals surface area contributed by atoms with Crippen molar-refractivity contribution in [2.75, 3.05) is 21.3 Å². The number of hydrogen-bond donors (Lipinski definition) is 0. The van der Waals surface area contributed by atoms with Gasteiger partial charge in [0.1, 0.15) is 0 Å². The Hall–Kier alpha value is -1.97. The summed E-state index contributed by atoms with van der Waals surface area (Å²) in [5.41, 5.74) is 1.37. The van der Waals surface area contributed by atoms with E-state index in [0.717, 1.165) is 12.0 Å². The van der Waals surface area contributed by atoms with Crippen LogP contribution in [-0.2, 0) is 0 Å². The van der Waals surface area contributed by atoms with Gasteiger partial charge in [0.2, 0.25) is 5.75 Å². The molecule has 0 bridgehead atoms. The molecule has 4 nitrogen and oxygen atoms in total. The summed E-state index contributed by atoms with van der Waals surface area (Å²) in [5.74, 6) is 1.32. The molecule has 0 radical (unpaired) electrons. The lowest BCUT2D eigenvalue weighted by atomic mass is 10.0. The molecule has 0 saturated heterocycles. The third kappa shape index (κ3) is 3.28. The van der Waals surface area contributed by atoms with Gasteiger partial charge in [0.15, 0.2) is 17.3 Å². The van der Waals surface area contributed by atoms with Crippen molar-refractivity contribution in [3.63, 3.8) is 0 Å². The van der Waals surface area contributed by atoms with Gasteiger partial charge in [0, 0.05) is 6.42 Å². The Morgan fingerprint density at radius 3 is 2.21 bits per heavy atom. The normalized spacial score (nSPS) is 9.89. The smallest absolute Gasteiger partial charge is 0.204 e. The van der Waals surface area contributed by atoms with Crippen molar-refractivity contribution in [3.05, 3.63) is 29.8 Å². The molecule has 0 aliphatic heterocycles. The highest BCUT2D eigenvalue weighted by Gasteiger charge is 2.20. The minimum atomic E-state index is -0.0374. The number of allylic oxidation sites excluding steroid dienone is 1. The summed E-state index contributed by atoms with van der Waals surface area (Å²) in [6.07, 6.45) is 1.09. The first-order valence-electron chi connectivity index (χ1n) is 6.07. The van der Waals surface area contributed by atoms with Crippen LogP contribution in [0.5, 0.6) is 17.2 Å². The Labute approximate surface area is 114 Å². The fraction of sp³-hybridized carbons (Fsp3) is 0.400. The van der Waals surface area contributed by atoms with E-state index in [1.165, 1.54) is 21.3 Å². The summed E-state index contributed by atoms with van der Waals surface area (Å²) in [6, 6.07) is 3.38. The van der Waals surface area contributed by atoms with Crippen LogP contribution in [0, 0.1) is 0 Å². The van der Waals surface area contributed by atoms with E-state index in [1.807, 2.05) is 6.92 Å². The zero-order valence-electron chi connectivity index (χ0n) is 11.9. The molecule has 0 spiro atoms. The van der Waals surface area contributed by atoms with Gasteiger partial charge in [-0.1, -0.05) is 19.1 Å². The largest absolute Gasteiger partial charge is 0.493 e. The fourth-order valence-corrected chi connectivity index (χ4v) is 1.77. The second-order valence-electron chi connectivity index (χ2n) is 4.09. The molecular weight excluding hydrogens is 244 g/mol. The van der Waals surface area contributed by atoms with E-state index in [9.17, 15) is 4.79 Å². The standard InChI is InChI=1S/C15H20O4/c1-6-10(2)9-12(16)11-7-8-13(17-3)15(19-5)14(11)18-4/h7-8H,2,6,9H2,1,3-5H3. The van der Waals surface area contributed by atoms with Crippen LogP contribution in [-0.4, -0.2) is 27.1 Å². The van der Waals surface area contributed by atoms with Crippen LogP contribution in [0.15, 0.2) is 24.3 Å². The summed E-state index contributed by atoms with van der Waals surface area (Å²) in [5, 5.41) is 0. The summed E-state index contributed by atoms with van der Waals surface area (Å²) >= 11 is 0.